The second-order valence-electron chi connectivity index (χ2n) is 6.64. The van der Waals surface area contributed by atoms with E-state index in [4.69, 9.17) is 4.98 Å². The van der Waals surface area contributed by atoms with Gasteiger partial charge in [0.2, 0.25) is 0 Å². The van der Waals surface area contributed by atoms with Crippen molar-refractivity contribution in [1.29, 1.82) is 0 Å². The third-order valence-corrected chi connectivity index (χ3v) is 4.82. The predicted octanol–water partition coefficient (Wildman–Crippen LogP) is 5.18. The van der Waals surface area contributed by atoms with Crippen LogP contribution < -0.4 is 0 Å². The van der Waals surface area contributed by atoms with E-state index >= 15 is 0 Å². The summed E-state index contributed by atoms with van der Waals surface area (Å²) in [4.78, 5) is 16.2. The molecule has 1 N–H and O–H groups in total. The van der Waals surface area contributed by atoms with E-state index in [0.717, 1.165) is 33.5 Å². The molecule has 4 aromatic rings. The zero-order chi connectivity index (χ0) is 19.5. The molecule has 0 unspecified atom stereocenters. The van der Waals surface area contributed by atoms with Crippen LogP contribution in [0.3, 0.4) is 0 Å². The number of hydrogen-bond acceptors (Lipinski definition) is 2. The van der Waals surface area contributed by atoms with Crippen LogP contribution in [0.15, 0.2) is 85.5 Å². The number of carboxylic acids is 1. The number of rotatable bonds is 6. The van der Waals surface area contributed by atoms with Crippen molar-refractivity contribution in [3.8, 4) is 11.1 Å². The molecule has 0 fully saturated rings. The van der Waals surface area contributed by atoms with Crippen molar-refractivity contribution in [2.45, 2.75) is 13.0 Å². The van der Waals surface area contributed by atoms with E-state index in [0.29, 0.717) is 18.5 Å². The fourth-order valence-electron chi connectivity index (χ4n) is 3.48. The average molecular weight is 368 g/mol. The Bertz CT molecular complexity index is 1160. The summed E-state index contributed by atoms with van der Waals surface area (Å²) in [7, 11) is 0. The van der Waals surface area contributed by atoms with Gasteiger partial charge in [-0.1, -0.05) is 60.7 Å². The number of allylic oxidation sites excluding steroid dienone is 1. The second-order valence-corrected chi connectivity index (χ2v) is 6.64. The lowest BCUT2D eigenvalue weighted by Crippen LogP contribution is -2.04. The molecule has 1 heterocycles. The van der Waals surface area contributed by atoms with E-state index in [9.17, 15) is 9.90 Å². The second kappa shape index (κ2) is 7.53. The van der Waals surface area contributed by atoms with E-state index in [2.05, 4.69) is 17.2 Å². The Hall–Kier alpha value is -3.66. The maximum Gasteiger partial charge on any atom is 0.336 e. The largest absolute Gasteiger partial charge is 0.478 e. The third kappa shape index (κ3) is 3.32. The van der Waals surface area contributed by atoms with Gasteiger partial charge in [-0.3, -0.25) is 0 Å². The normalized spacial score (nSPS) is 10.9. The van der Waals surface area contributed by atoms with Gasteiger partial charge in [-0.05, 0) is 34.9 Å². The quantitative estimate of drug-likeness (QED) is 0.477. The molecule has 4 rings (SSSR count). The van der Waals surface area contributed by atoms with Gasteiger partial charge in [0.05, 0.1) is 16.6 Å². The van der Waals surface area contributed by atoms with Crippen molar-refractivity contribution >= 4 is 17.0 Å². The molecule has 4 nitrogen and oxygen atoms in total. The monoisotopic (exact) mass is 368 g/mol. The number of aromatic nitrogens is 2. The van der Waals surface area contributed by atoms with E-state index in [-0.39, 0.29) is 0 Å². The summed E-state index contributed by atoms with van der Waals surface area (Å²) in [5.41, 5.74) is 5.13. The fraction of sp³-hybridized carbons (Fsp3) is 0.0833. The van der Waals surface area contributed by atoms with Crippen LogP contribution in [0.2, 0.25) is 0 Å². The molecule has 0 saturated carbocycles. The molecule has 4 heteroatoms. The van der Waals surface area contributed by atoms with Crippen LogP contribution in [0.25, 0.3) is 22.2 Å². The Morgan fingerprint density at radius 1 is 1.00 bits per heavy atom. The van der Waals surface area contributed by atoms with Crippen LogP contribution in [-0.2, 0) is 13.0 Å². The molecular weight excluding hydrogens is 348 g/mol. The van der Waals surface area contributed by atoms with Crippen LogP contribution in [0, 0.1) is 0 Å². The van der Waals surface area contributed by atoms with Gasteiger partial charge in [-0.25, -0.2) is 9.78 Å². The van der Waals surface area contributed by atoms with E-state index in [1.54, 1.807) is 12.1 Å². The van der Waals surface area contributed by atoms with Crippen molar-refractivity contribution < 1.29 is 9.90 Å². The predicted molar refractivity (Wildman–Crippen MR) is 112 cm³/mol. The molecule has 0 bridgehead atoms. The highest BCUT2D eigenvalue weighted by molar-refractivity contribution is 5.96. The number of nitrogens with zero attached hydrogens (tertiary/aromatic N) is 2. The van der Waals surface area contributed by atoms with Crippen LogP contribution in [0.4, 0.5) is 0 Å². The SMILES string of the molecule is C=CCc1nc2ccccc2n1Cc1ccc(-c2ccccc2C(=O)O)cc1. The number of benzene rings is 3. The van der Waals surface area contributed by atoms with Gasteiger partial charge in [0.15, 0.2) is 0 Å². The summed E-state index contributed by atoms with van der Waals surface area (Å²) in [5.74, 6) is 0.0649. The first-order chi connectivity index (χ1) is 13.7. The zero-order valence-electron chi connectivity index (χ0n) is 15.4. The molecule has 0 amide bonds. The molecule has 0 radical (unpaired) electrons. The summed E-state index contributed by atoms with van der Waals surface area (Å²) in [6, 6.07) is 23.2. The highest BCUT2D eigenvalue weighted by atomic mass is 16.4. The van der Waals surface area contributed by atoms with Gasteiger partial charge in [-0.15, -0.1) is 6.58 Å². The first kappa shape index (κ1) is 17.7. The molecular formula is C24H20N2O2. The van der Waals surface area contributed by atoms with Gasteiger partial charge in [0.1, 0.15) is 5.82 Å². The zero-order valence-corrected chi connectivity index (χ0v) is 15.4. The summed E-state index contributed by atoms with van der Waals surface area (Å²) >= 11 is 0. The minimum atomic E-state index is -0.918. The lowest BCUT2D eigenvalue weighted by molar-refractivity contribution is 0.0697. The number of fused-ring (bicyclic) bond motifs is 1. The molecule has 0 atom stereocenters. The highest BCUT2D eigenvalue weighted by Crippen LogP contribution is 2.25. The fourth-order valence-corrected chi connectivity index (χ4v) is 3.48. The minimum absolute atomic E-state index is 0.309. The minimum Gasteiger partial charge on any atom is -0.478 e. The average Bonchev–Trinajstić information content (AvgIpc) is 3.06. The van der Waals surface area contributed by atoms with Crippen LogP contribution in [-0.4, -0.2) is 20.6 Å². The molecule has 0 spiro atoms. The van der Waals surface area contributed by atoms with Crippen LogP contribution in [0.5, 0.6) is 0 Å². The number of para-hydroxylation sites is 2. The smallest absolute Gasteiger partial charge is 0.336 e. The van der Waals surface area contributed by atoms with Crippen LogP contribution >= 0.6 is 0 Å². The summed E-state index contributed by atoms with van der Waals surface area (Å²) in [6.45, 7) is 4.54. The molecule has 138 valence electrons. The third-order valence-electron chi connectivity index (χ3n) is 4.82. The molecule has 0 aliphatic heterocycles. The Kier molecular flexibility index (Phi) is 4.77. The molecule has 0 saturated heterocycles. The van der Waals surface area contributed by atoms with Crippen molar-refractivity contribution in [3.05, 3.63) is 102 Å². The van der Waals surface area contributed by atoms with Crippen molar-refractivity contribution in [2.24, 2.45) is 0 Å². The number of carbonyl (C=O) groups is 1. The Morgan fingerprint density at radius 3 is 2.46 bits per heavy atom. The van der Waals surface area contributed by atoms with E-state index in [1.807, 2.05) is 60.7 Å². The molecule has 1 aromatic heterocycles. The van der Waals surface area contributed by atoms with Gasteiger partial charge >= 0.3 is 5.97 Å². The standard InChI is InChI=1S/C24H20N2O2/c1-2-7-23-25-21-10-5-6-11-22(21)26(23)16-17-12-14-18(15-13-17)19-8-3-4-9-20(19)24(27)28/h2-6,8-15H,1,7,16H2,(H,27,28). The van der Waals surface area contributed by atoms with Gasteiger partial charge in [0.25, 0.3) is 0 Å². The molecule has 0 aliphatic rings. The topological polar surface area (TPSA) is 55.1 Å². The lowest BCUT2D eigenvalue weighted by Gasteiger charge is -2.10. The van der Waals surface area contributed by atoms with E-state index in [1.165, 1.54) is 0 Å². The van der Waals surface area contributed by atoms with Crippen molar-refractivity contribution in [1.82, 2.24) is 9.55 Å². The summed E-state index contributed by atoms with van der Waals surface area (Å²) in [5, 5.41) is 9.42. The van der Waals surface area contributed by atoms with Crippen molar-refractivity contribution in [3.63, 3.8) is 0 Å². The van der Waals surface area contributed by atoms with Crippen molar-refractivity contribution in [2.75, 3.05) is 0 Å². The summed E-state index contributed by atoms with van der Waals surface area (Å²) in [6.07, 6.45) is 2.57. The first-order valence-corrected chi connectivity index (χ1v) is 9.14. The summed E-state index contributed by atoms with van der Waals surface area (Å²) < 4.78 is 2.21. The maximum absolute atomic E-state index is 11.5. The van der Waals surface area contributed by atoms with Gasteiger partial charge in [0, 0.05) is 13.0 Å². The number of aromatic carboxylic acids is 1. The number of imidazole rings is 1. The first-order valence-electron chi connectivity index (χ1n) is 9.14. The molecule has 28 heavy (non-hydrogen) atoms. The Morgan fingerprint density at radius 2 is 1.71 bits per heavy atom. The Balaban J connectivity index is 1.68. The maximum atomic E-state index is 11.5. The molecule has 0 aliphatic carbocycles. The Labute approximate surface area is 163 Å². The van der Waals surface area contributed by atoms with Gasteiger partial charge < -0.3 is 9.67 Å². The number of hydrogen-bond donors (Lipinski definition) is 1. The van der Waals surface area contributed by atoms with E-state index < -0.39 is 5.97 Å². The lowest BCUT2D eigenvalue weighted by atomic mass is 9.99. The van der Waals surface area contributed by atoms with Crippen LogP contribution in [0.1, 0.15) is 21.7 Å². The molecule has 3 aromatic carbocycles. The van der Waals surface area contributed by atoms with Gasteiger partial charge in [-0.2, -0.15) is 0 Å². The number of carboxylic acid groups (broad SMARTS) is 1. The highest BCUT2D eigenvalue weighted by Gasteiger charge is 2.12.